The van der Waals surface area contributed by atoms with Crippen molar-refractivity contribution in [2.75, 3.05) is 39.9 Å². The Labute approximate surface area is 177 Å². The van der Waals surface area contributed by atoms with E-state index in [-0.39, 0.29) is 48.6 Å². The first kappa shape index (κ1) is 21.9. The standard InChI is InChI=1S/C19H28N4O3.HI/c1-20-19(22-13-18(24)21-12-15-6-3-2-4-7-15)23-9-11-26-17(14-23)16-8-5-10-25-16;/h2-4,6-7,16-17H,5,8-14H2,1H3,(H,20,22)(H,21,24);1H. The first-order valence-electron chi connectivity index (χ1n) is 9.25. The van der Waals surface area contributed by atoms with Crippen molar-refractivity contribution in [3.05, 3.63) is 35.9 Å². The van der Waals surface area contributed by atoms with Crippen molar-refractivity contribution in [2.45, 2.75) is 31.6 Å². The van der Waals surface area contributed by atoms with Crippen LogP contribution in [0.25, 0.3) is 0 Å². The zero-order chi connectivity index (χ0) is 18.2. The van der Waals surface area contributed by atoms with E-state index >= 15 is 0 Å². The van der Waals surface area contributed by atoms with Gasteiger partial charge in [0.05, 0.1) is 19.3 Å². The van der Waals surface area contributed by atoms with Crippen molar-refractivity contribution in [2.24, 2.45) is 4.99 Å². The molecule has 2 atom stereocenters. The summed E-state index contributed by atoms with van der Waals surface area (Å²) < 4.78 is 11.6. The second kappa shape index (κ2) is 11.5. The molecule has 0 radical (unpaired) electrons. The lowest BCUT2D eigenvalue weighted by Gasteiger charge is -2.37. The molecule has 2 saturated heterocycles. The van der Waals surface area contributed by atoms with Crippen LogP contribution in [0.5, 0.6) is 0 Å². The van der Waals surface area contributed by atoms with E-state index in [1.165, 1.54) is 0 Å². The number of ether oxygens (including phenoxy) is 2. The molecule has 2 aliphatic rings. The number of aliphatic imine (C=N–C) groups is 1. The minimum absolute atomic E-state index is 0. The van der Waals surface area contributed by atoms with E-state index in [0.717, 1.165) is 44.1 Å². The van der Waals surface area contributed by atoms with Gasteiger partial charge in [-0.2, -0.15) is 0 Å². The summed E-state index contributed by atoms with van der Waals surface area (Å²) >= 11 is 0. The molecule has 2 heterocycles. The summed E-state index contributed by atoms with van der Waals surface area (Å²) in [5, 5.41) is 6.07. The molecule has 0 saturated carbocycles. The molecule has 1 aromatic rings. The van der Waals surface area contributed by atoms with Crippen LogP contribution in [0.4, 0.5) is 0 Å². The minimum Gasteiger partial charge on any atom is -0.375 e. The molecular weight excluding hydrogens is 459 g/mol. The van der Waals surface area contributed by atoms with Crippen LogP contribution in [0.1, 0.15) is 18.4 Å². The Morgan fingerprint density at radius 3 is 2.67 bits per heavy atom. The van der Waals surface area contributed by atoms with Gasteiger partial charge in [0, 0.05) is 33.3 Å². The van der Waals surface area contributed by atoms with E-state index in [1.807, 2.05) is 30.3 Å². The molecular formula is C19H29IN4O3. The van der Waals surface area contributed by atoms with Gasteiger partial charge in [0.2, 0.25) is 5.91 Å². The average Bonchev–Trinajstić information content (AvgIpc) is 3.23. The number of morpholine rings is 1. The van der Waals surface area contributed by atoms with Gasteiger partial charge in [0.15, 0.2) is 5.96 Å². The number of rotatable bonds is 5. The summed E-state index contributed by atoms with van der Waals surface area (Å²) in [6.45, 7) is 3.68. The molecule has 2 fully saturated rings. The third-order valence-electron chi connectivity index (χ3n) is 4.72. The molecule has 2 N–H and O–H groups in total. The highest BCUT2D eigenvalue weighted by molar-refractivity contribution is 14.0. The molecule has 1 aromatic carbocycles. The molecule has 7 nitrogen and oxygen atoms in total. The quantitative estimate of drug-likeness (QED) is 0.372. The Kier molecular flexibility index (Phi) is 9.29. The van der Waals surface area contributed by atoms with Crippen LogP contribution >= 0.6 is 24.0 Å². The number of halogens is 1. The Morgan fingerprint density at radius 1 is 1.19 bits per heavy atom. The Morgan fingerprint density at radius 2 is 1.96 bits per heavy atom. The summed E-state index contributed by atoms with van der Waals surface area (Å²) in [5.41, 5.74) is 1.08. The third kappa shape index (κ3) is 6.62. The summed E-state index contributed by atoms with van der Waals surface area (Å²) in [7, 11) is 1.74. The Hall–Kier alpha value is -1.39. The number of nitrogens with zero attached hydrogens (tertiary/aromatic N) is 2. The van der Waals surface area contributed by atoms with Crippen LogP contribution in [-0.2, 0) is 20.8 Å². The second-order valence-electron chi connectivity index (χ2n) is 6.57. The van der Waals surface area contributed by atoms with Crippen LogP contribution in [0.2, 0.25) is 0 Å². The third-order valence-corrected chi connectivity index (χ3v) is 4.72. The number of hydrogen-bond acceptors (Lipinski definition) is 4. The molecule has 27 heavy (non-hydrogen) atoms. The molecule has 2 aliphatic heterocycles. The zero-order valence-electron chi connectivity index (χ0n) is 15.7. The van der Waals surface area contributed by atoms with E-state index in [4.69, 9.17) is 9.47 Å². The van der Waals surface area contributed by atoms with Crippen LogP contribution < -0.4 is 10.6 Å². The van der Waals surface area contributed by atoms with E-state index in [2.05, 4.69) is 20.5 Å². The summed E-state index contributed by atoms with van der Waals surface area (Å²) in [4.78, 5) is 18.6. The smallest absolute Gasteiger partial charge is 0.239 e. The maximum absolute atomic E-state index is 12.1. The van der Waals surface area contributed by atoms with Gasteiger partial charge >= 0.3 is 0 Å². The normalized spacial score (nSPS) is 22.9. The number of hydrogen-bond donors (Lipinski definition) is 2. The largest absolute Gasteiger partial charge is 0.375 e. The number of benzene rings is 1. The number of guanidine groups is 1. The van der Waals surface area contributed by atoms with Gasteiger partial charge in [0.25, 0.3) is 0 Å². The van der Waals surface area contributed by atoms with Crippen LogP contribution in [-0.4, -0.2) is 68.9 Å². The highest BCUT2D eigenvalue weighted by atomic mass is 127. The average molecular weight is 488 g/mol. The highest BCUT2D eigenvalue weighted by Crippen LogP contribution is 2.20. The summed E-state index contributed by atoms with van der Waals surface area (Å²) in [5.74, 6) is 0.671. The van der Waals surface area contributed by atoms with Crippen LogP contribution in [0.3, 0.4) is 0 Å². The van der Waals surface area contributed by atoms with Gasteiger partial charge in [0.1, 0.15) is 6.10 Å². The predicted octanol–water partition coefficient (Wildman–Crippen LogP) is 1.38. The van der Waals surface area contributed by atoms with E-state index in [0.29, 0.717) is 13.2 Å². The Bertz CT molecular complexity index is 608. The van der Waals surface area contributed by atoms with Gasteiger partial charge in [-0.1, -0.05) is 30.3 Å². The van der Waals surface area contributed by atoms with E-state index in [1.54, 1.807) is 7.05 Å². The fourth-order valence-corrected chi connectivity index (χ4v) is 3.34. The second-order valence-corrected chi connectivity index (χ2v) is 6.57. The molecule has 0 aromatic heterocycles. The van der Waals surface area contributed by atoms with Crippen LogP contribution in [0.15, 0.2) is 35.3 Å². The fourth-order valence-electron chi connectivity index (χ4n) is 3.34. The number of nitrogens with one attached hydrogen (secondary N) is 2. The predicted molar refractivity (Wildman–Crippen MR) is 115 cm³/mol. The summed E-state index contributed by atoms with van der Waals surface area (Å²) in [6, 6.07) is 9.87. The maximum Gasteiger partial charge on any atom is 0.239 e. The highest BCUT2D eigenvalue weighted by Gasteiger charge is 2.32. The van der Waals surface area contributed by atoms with Gasteiger partial charge < -0.3 is 25.0 Å². The van der Waals surface area contributed by atoms with Crippen molar-refractivity contribution in [3.63, 3.8) is 0 Å². The number of carbonyl (C=O) groups is 1. The first-order valence-corrected chi connectivity index (χ1v) is 9.25. The molecule has 8 heteroatoms. The van der Waals surface area contributed by atoms with Crippen LogP contribution in [0, 0.1) is 0 Å². The van der Waals surface area contributed by atoms with Crippen molar-refractivity contribution in [3.8, 4) is 0 Å². The number of carbonyl (C=O) groups excluding carboxylic acids is 1. The maximum atomic E-state index is 12.1. The first-order chi connectivity index (χ1) is 12.8. The lowest BCUT2D eigenvalue weighted by Crippen LogP contribution is -2.54. The van der Waals surface area contributed by atoms with E-state index in [9.17, 15) is 4.79 Å². The van der Waals surface area contributed by atoms with Crippen molar-refractivity contribution >= 4 is 35.8 Å². The molecule has 0 spiro atoms. The van der Waals surface area contributed by atoms with Gasteiger partial charge in [-0.3, -0.25) is 9.79 Å². The van der Waals surface area contributed by atoms with Gasteiger partial charge in [-0.05, 0) is 18.4 Å². The van der Waals surface area contributed by atoms with Crippen molar-refractivity contribution in [1.82, 2.24) is 15.5 Å². The minimum atomic E-state index is -0.0565. The molecule has 150 valence electrons. The molecule has 1 amide bonds. The molecule has 2 unspecified atom stereocenters. The topological polar surface area (TPSA) is 75.2 Å². The Balaban J connectivity index is 0.00000261. The monoisotopic (exact) mass is 488 g/mol. The lowest BCUT2D eigenvalue weighted by molar-refractivity contribution is -0.120. The van der Waals surface area contributed by atoms with Gasteiger partial charge in [-0.25, -0.2) is 0 Å². The zero-order valence-corrected chi connectivity index (χ0v) is 18.1. The van der Waals surface area contributed by atoms with Crippen molar-refractivity contribution < 1.29 is 14.3 Å². The lowest BCUT2D eigenvalue weighted by atomic mass is 10.1. The van der Waals surface area contributed by atoms with Crippen molar-refractivity contribution in [1.29, 1.82) is 0 Å². The SMILES string of the molecule is CN=C(NCC(=O)NCc1ccccc1)N1CCOC(C2CCCO2)C1.I. The summed E-state index contributed by atoms with van der Waals surface area (Å²) in [6.07, 6.45) is 2.38. The molecule has 0 bridgehead atoms. The fraction of sp³-hybridized carbons (Fsp3) is 0.579. The molecule has 0 aliphatic carbocycles. The number of amides is 1. The van der Waals surface area contributed by atoms with E-state index < -0.39 is 0 Å². The molecule has 3 rings (SSSR count). The van der Waals surface area contributed by atoms with Gasteiger partial charge in [-0.15, -0.1) is 24.0 Å².